The van der Waals surface area contributed by atoms with Gasteiger partial charge in [-0.1, -0.05) is 49.4 Å². The molecule has 1 aromatic rings. The highest BCUT2D eigenvalue weighted by Crippen LogP contribution is 2.37. The summed E-state index contributed by atoms with van der Waals surface area (Å²) in [7, 11) is 0. The third kappa shape index (κ3) is 3.91. The average Bonchev–Trinajstić information content (AvgIpc) is 2.67. The number of thioether (sulfide) groups is 1. The van der Waals surface area contributed by atoms with Gasteiger partial charge >= 0.3 is 0 Å². The standard InChI is InChI=1S/C15H22ClNS/c16-13-9-5-6-10-14(13)18-15(11-17)12-7-3-1-2-4-8-12/h5-6,9-10,12,15H,1-4,7-8,11,17H2. The number of hydrogen-bond acceptors (Lipinski definition) is 2. The SMILES string of the molecule is NCC(Sc1ccccc1Cl)C1CCCCCC1. The zero-order valence-electron chi connectivity index (χ0n) is 10.8. The first kappa shape index (κ1) is 14.2. The molecule has 100 valence electrons. The predicted octanol–water partition coefficient (Wildman–Crippen LogP) is 4.73. The van der Waals surface area contributed by atoms with Gasteiger partial charge in [0.1, 0.15) is 0 Å². The second-order valence-corrected chi connectivity index (χ2v) is 6.76. The summed E-state index contributed by atoms with van der Waals surface area (Å²) >= 11 is 8.11. The van der Waals surface area contributed by atoms with Gasteiger partial charge in [0.25, 0.3) is 0 Å². The first-order valence-corrected chi connectivity index (χ1v) is 8.18. The van der Waals surface area contributed by atoms with E-state index in [-0.39, 0.29) is 0 Å². The van der Waals surface area contributed by atoms with E-state index in [9.17, 15) is 0 Å². The number of nitrogens with two attached hydrogens (primary N) is 1. The van der Waals surface area contributed by atoms with Gasteiger partial charge in [-0.05, 0) is 30.9 Å². The molecule has 1 aliphatic rings. The maximum absolute atomic E-state index is 6.23. The second kappa shape index (κ2) is 7.42. The van der Waals surface area contributed by atoms with Gasteiger partial charge in [-0.3, -0.25) is 0 Å². The lowest BCUT2D eigenvalue weighted by atomic mass is 9.96. The summed E-state index contributed by atoms with van der Waals surface area (Å²) in [5.74, 6) is 0.763. The van der Waals surface area contributed by atoms with Gasteiger partial charge in [0.15, 0.2) is 0 Å². The van der Waals surface area contributed by atoms with E-state index in [1.807, 2.05) is 23.9 Å². The van der Waals surface area contributed by atoms with Crippen molar-refractivity contribution in [3.8, 4) is 0 Å². The summed E-state index contributed by atoms with van der Waals surface area (Å²) in [5, 5.41) is 1.37. The highest BCUT2D eigenvalue weighted by atomic mass is 35.5. The smallest absolute Gasteiger partial charge is 0.0541 e. The van der Waals surface area contributed by atoms with E-state index in [4.69, 9.17) is 17.3 Å². The van der Waals surface area contributed by atoms with Crippen LogP contribution in [-0.2, 0) is 0 Å². The van der Waals surface area contributed by atoms with Gasteiger partial charge in [-0.25, -0.2) is 0 Å². The van der Waals surface area contributed by atoms with Crippen LogP contribution in [-0.4, -0.2) is 11.8 Å². The molecule has 1 fully saturated rings. The van der Waals surface area contributed by atoms with E-state index in [1.54, 1.807) is 0 Å². The maximum Gasteiger partial charge on any atom is 0.0541 e. The molecule has 0 aromatic heterocycles. The number of halogens is 1. The molecular weight excluding hydrogens is 262 g/mol. The minimum absolute atomic E-state index is 0.517. The lowest BCUT2D eigenvalue weighted by molar-refractivity contribution is 0.445. The van der Waals surface area contributed by atoms with Crippen LogP contribution < -0.4 is 5.73 Å². The fourth-order valence-corrected chi connectivity index (χ4v) is 4.22. The van der Waals surface area contributed by atoms with Crippen molar-refractivity contribution >= 4 is 23.4 Å². The molecule has 1 saturated carbocycles. The Hall–Kier alpha value is -0.180. The minimum atomic E-state index is 0.517. The predicted molar refractivity (Wildman–Crippen MR) is 81.3 cm³/mol. The summed E-state index contributed by atoms with van der Waals surface area (Å²) in [4.78, 5) is 1.18. The Morgan fingerprint density at radius 1 is 1.17 bits per heavy atom. The van der Waals surface area contributed by atoms with Gasteiger partial charge in [-0.2, -0.15) is 0 Å². The van der Waals surface area contributed by atoms with Crippen molar-refractivity contribution in [2.45, 2.75) is 48.7 Å². The van der Waals surface area contributed by atoms with Crippen molar-refractivity contribution in [3.63, 3.8) is 0 Å². The van der Waals surface area contributed by atoms with Crippen molar-refractivity contribution in [3.05, 3.63) is 29.3 Å². The molecule has 3 heteroatoms. The van der Waals surface area contributed by atoms with Crippen LogP contribution in [0.2, 0.25) is 5.02 Å². The quantitative estimate of drug-likeness (QED) is 0.638. The van der Waals surface area contributed by atoms with Crippen molar-refractivity contribution < 1.29 is 0 Å². The average molecular weight is 284 g/mol. The molecule has 0 bridgehead atoms. The van der Waals surface area contributed by atoms with E-state index >= 15 is 0 Å². The van der Waals surface area contributed by atoms with Gasteiger partial charge < -0.3 is 5.73 Å². The highest BCUT2D eigenvalue weighted by molar-refractivity contribution is 8.00. The van der Waals surface area contributed by atoms with Crippen LogP contribution in [0, 0.1) is 5.92 Å². The van der Waals surface area contributed by atoms with Crippen LogP contribution in [0.5, 0.6) is 0 Å². The first-order chi connectivity index (χ1) is 8.81. The fourth-order valence-electron chi connectivity index (χ4n) is 2.72. The van der Waals surface area contributed by atoms with Crippen molar-refractivity contribution in [1.82, 2.24) is 0 Å². The van der Waals surface area contributed by atoms with Crippen LogP contribution in [0.25, 0.3) is 0 Å². The van der Waals surface area contributed by atoms with Crippen LogP contribution in [0.1, 0.15) is 38.5 Å². The molecule has 0 aliphatic heterocycles. The number of rotatable bonds is 4. The minimum Gasteiger partial charge on any atom is -0.329 e. The van der Waals surface area contributed by atoms with E-state index < -0.39 is 0 Å². The maximum atomic E-state index is 6.23. The second-order valence-electron chi connectivity index (χ2n) is 5.07. The summed E-state index contributed by atoms with van der Waals surface area (Å²) in [6.45, 7) is 0.751. The van der Waals surface area contributed by atoms with Crippen molar-refractivity contribution in [2.24, 2.45) is 11.7 Å². The number of benzene rings is 1. The molecule has 1 atom stereocenters. The monoisotopic (exact) mass is 283 g/mol. The normalized spacial score (nSPS) is 19.4. The molecule has 0 amide bonds. The Kier molecular flexibility index (Phi) is 5.87. The molecule has 0 saturated heterocycles. The van der Waals surface area contributed by atoms with Gasteiger partial charge in [0.2, 0.25) is 0 Å². The fraction of sp³-hybridized carbons (Fsp3) is 0.600. The Balaban J connectivity index is 2.02. The largest absolute Gasteiger partial charge is 0.329 e. The van der Waals surface area contributed by atoms with Crippen LogP contribution in [0.15, 0.2) is 29.2 Å². The molecule has 0 spiro atoms. The molecule has 1 aliphatic carbocycles. The summed E-state index contributed by atoms with van der Waals surface area (Å²) in [5.41, 5.74) is 5.99. The van der Waals surface area contributed by atoms with E-state index in [1.165, 1.54) is 43.4 Å². The van der Waals surface area contributed by atoms with Crippen molar-refractivity contribution in [1.29, 1.82) is 0 Å². The lowest BCUT2D eigenvalue weighted by Crippen LogP contribution is -2.26. The summed E-state index contributed by atoms with van der Waals surface area (Å²) < 4.78 is 0. The van der Waals surface area contributed by atoms with Crippen LogP contribution in [0.3, 0.4) is 0 Å². The molecule has 18 heavy (non-hydrogen) atoms. The van der Waals surface area contributed by atoms with Crippen LogP contribution in [0.4, 0.5) is 0 Å². The van der Waals surface area contributed by atoms with E-state index in [0.717, 1.165) is 17.5 Å². The Morgan fingerprint density at radius 2 is 1.83 bits per heavy atom. The third-order valence-corrected chi connectivity index (χ3v) is 5.70. The van der Waals surface area contributed by atoms with Crippen LogP contribution >= 0.6 is 23.4 Å². The zero-order chi connectivity index (χ0) is 12.8. The molecule has 2 N–H and O–H groups in total. The Labute approximate surface area is 119 Å². The highest BCUT2D eigenvalue weighted by Gasteiger charge is 2.23. The molecular formula is C15H22ClNS. The topological polar surface area (TPSA) is 26.0 Å². The van der Waals surface area contributed by atoms with Gasteiger partial charge in [-0.15, -0.1) is 11.8 Å². The van der Waals surface area contributed by atoms with E-state index in [0.29, 0.717) is 5.25 Å². The molecule has 1 aromatic carbocycles. The number of hydrogen-bond donors (Lipinski definition) is 1. The van der Waals surface area contributed by atoms with Gasteiger partial charge in [0.05, 0.1) is 5.02 Å². The first-order valence-electron chi connectivity index (χ1n) is 6.92. The Morgan fingerprint density at radius 3 is 2.44 bits per heavy atom. The summed E-state index contributed by atoms with van der Waals surface area (Å²) in [6.07, 6.45) is 8.18. The Bertz CT molecular complexity index is 361. The molecule has 0 heterocycles. The zero-order valence-corrected chi connectivity index (χ0v) is 12.3. The molecule has 1 nitrogen and oxygen atoms in total. The molecule has 0 radical (unpaired) electrons. The van der Waals surface area contributed by atoms with E-state index in [2.05, 4.69) is 12.1 Å². The molecule has 1 unspecified atom stereocenters. The van der Waals surface area contributed by atoms with Gasteiger partial charge in [0, 0.05) is 16.7 Å². The third-order valence-electron chi connectivity index (χ3n) is 3.77. The summed E-state index contributed by atoms with van der Waals surface area (Å²) in [6, 6.07) is 8.10. The molecule has 2 rings (SSSR count). The lowest BCUT2D eigenvalue weighted by Gasteiger charge is -2.24. The van der Waals surface area contributed by atoms with Crippen molar-refractivity contribution in [2.75, 3.05) is 6.54 Å².